The minimum absolute atomic E-state index is 0.0255. The molecule has 2 heteroatoms. The molecule has 0 heterocycles. The van der Waals surface area contributed by atoms with Crippen molar-refractivity contribution in [2.75, 3.05) is 0 Å². The molecule has 0 spiro atoms. The van der Waals surface area contributed by atoms with E-state index >= 15 is 0 Å². The molecule has 0 aliphatic carbocycles. The van der Waals surface area contributed by atoms with E-state index in [1.165, 1.54) is 0 Å². The lowest BCUT2D eigenvalue weighted by Gasteiger charge is -2.10. The second kappa shape index (κ2) is 5.92. The van der Waals surface area contributed by atoms with E-state index < -0.39 is 0 Å². The van der Waals surface area contributed by atoms with Gasteiger partial charge in [0.05, 0.1) is 0 Å². The van der Waals surface area contributed by atoms with Crippen molar-refractivity contribution in [1.82, 2.24) is 0 Å². The molecule has 1 atom stereocenters. The Morgan fingerprint density at radius 3 is 2.00 bits per heavy atom. The van der Waals surface area contributed by atoms with Crippen LogP contribution in [-0.2, 0) is 9.59 Å². The molecular weight excluding hydrogens is 152 g/mol. The third-order valence-corrected chi connectivity index (χ3v) is 2.17. The number of rotatable bonds is 6. The number of ketones is 2. The largest absolute Gasteiger partial charge is 0.300 e. The van der Waals surface area contributed by atoms with Crippen LogP contribution < -0.4 is 0 Å². The van der Waals surface area contributed by atoms with Gasteiger partial charge in [0.2, 0.25) is 0 Å². The highest BCUT2D eigenvalue weighted by atomic mass is 16.1. The van der Waals surface area contributed by atoms with Crippen molar-refractivity contribution >= 4 is 11.6 Å². The molecule has 1 unspecified atom stereocenters. The molecule has 0 aliphatic heterocycles. The highest BCUT2D eigenvalue weighted by Gasteiger charge is 2.16. The SMILES string of the molecule is CCC(=O)CC(CC)C(=O)CC. The zero-order chi connectivity index (χ0) is 9.56. The van der Waals surface area contributed by atoms with E-state index in [1.807, 2.05) is 20.8 Å². The minimum Gasteiger partial charge on any atom is -0.300 e. The van der Waals surface area contributed by atoms with Crippen molar-refractivity contribution in [3.05, 3.63) is 0 Å². The van der Waals surface area contributed by atoms with Gasteiger partial charge in [-0.05, 0) is 6.42 Å². The second-order valence-corrected chi connectivity index (χ2v) is 3.02. The smallest absolute Gasteiger partial charge is 0.136 e. The fourth-order valence-electron chi connectivity index (χ4n) is 1.19. The number of carbonyl (C=O) groups is 2. The molecule has 0 amide bonds. The third-order valence-electron chi connectivity index (χ3n) is 2.17. The molecule has 0 saturated carbocycles. The van der Waals surface area contributed by atoms with Crippen LogP contribution in [0.4, 0.5) is 0 Å². The monoisotopic (exact) mass is 170 g/mol. The van der Waals surface area contributed by atoms with E-state index in [9.17, 15) is 9.59 Å². The van der Waals surface area contributed by atoms with Crippen molar-refractivity contribution in [3.63, 3.8) is 0 Å². The molecule has 0 aromatic heterocycles. The Morgan fingerprint density at radius 1 is 1.08 bits per heavy atom. The van der Waals surface area contributed by atoms with Crippen LogP contribution in [-0.4, -0.2) is 11.6 Å². The molecule has 0 N–H and O–H groups in total. The van der Waals surface area contributed by atoms with Gasteiger partial charge in [0.1, 0.15) is 11.6 Å². The van der Waals surface area contributed by atoms with Gasteiger partial charge in [0, 0.05) is 25.2 Å². The van der Waals surface area contributed by atoms with Gasteiger partial charge >= 0.3 is 0 Å². The summed E-state index contributed by atoms with van der Waals surface area (Å²) in [7, 11) is 0. The molecule has 12 heavy (non-hydrogen) atoms. The number of hydrogen-bond donors (Lipinski definition) is 0. The average Bonchev–Trinajstić information content (AvgIpc) is 2.12. The standard InChI is InChI=1S/C10H18O2/c1-4-8(10(12)6-3)7-9(11)5-2/h8H,4-7H2,1-3H3. The second-order valence-electron chi connectivity index (χ2n) is 3.02. The first kappa shape index (κ1) is 11.3. The molecule has 0 bridgehead atoms. The van der Waals surface area contributed by atoms with E-state index in [-0.39, 0.29) is 17.5 Å². The summed E-state index contributed by atoms with van der Waals surface area (Å²) >= 11 is 0. The molecule has 0 aromatic carbocycles. The summed E-state index contributed by atoms with van der Waals surface area (Å²) in [5.74, 6) is 0.394. The van der Waals surface area contributed by atoms with Gasteiger partial charge in [-0.2, -0.15) is 0 Å². The summed E-state index contributed by atoms with van der Waals surface area (Å²) in [4.78, 5) is 22.3. The highest BCUT2D eigenvalue weighted by molar-refractivity contribution is 5.87. The lowest BCUT2D eigenvalue weighted by Crippen LogP contribution is -2.16. The van der Waals surface area contributed by atoms with Crippen molar-refractivity contribution in [1.29, 1.82) is 0 Å². The zero-order valence-electron chi connectivity index (χ0n) is 8.22. The molecule has 0 saturated heterocycles. The van der Waals surface area contributed by atoms with E-state index in [0.29, 0.717) is 19.3 Å². The van der Waals surface area contributed by atoms with Crippen LogP contribution in [0.3, 0.4) is 0 Å². The van der Waals surface area contributed by atoms with E-state index in [0.717, 1.165) is 6.42 Å². The van der Waals surface area contributed by atoms with Crippen LogP contribution >= 0.6 is 0 Å². The van der Waals surface area contributed by atoms with Crippen LogP contribution in [0.15, 0.2) is 0 Å². The van der Waals surface area contributed by atoms with E-state index in [1.54, 1.807) is 0 Å². The van der Waals surface area contributed by atoms with Gasteiger partial charge in [-0.1, -0.05) is 20.8 Å². The Balaban J connectivity index is 3.99. The topological polar surface area (TPSA) is 34.1 Å². The maximum Gasteiger partial charge on any atom is 0.136 e. The summed E-state index contributed by atoms with van der Waals surface area (Å²) in [6.45, 7) is 5.65. The fraction of sp³-hybridized carbons (Fsp3) is 0.800. The first-order valence-corrected chi connectivity index (χ1v) is 4.70. The maximum absolute atomic E-state index is 11.2. The first-order valence-electron chi connectivity index (χ1n) is 4.70. The minimum atomic E-state index is -0.0255. The summed E-state index contributed by atoms with van der Waals surface area (Å²) in [5, 5.41) is 0. The lowest BCUT2D eigenvalue weighted by molar-refractivity contribution is -0.127. The van der Waals surface area contributed by atoms with Crippen LogP contribution in [0, 0.1) is 5.92 Å². The number of hydrogen-bond acceptors (Lipinski definition) is 2. The van der Waals surface area contributed by atoms with E-state index in [2.05, 4.69) is 0 Å². The quantitative estimate of drug-likeness (QED) is 0.613. The zero-order valence-corrected chi connectivity index (χ0v) is 8.22. The maximum atomic E-state index is 11.2. The van der Waals surface area contributed by atoms with Crippen LogP contribution in [0.2, 0.25) is 0 Å². The van der Waals surface area contributed by atoms with Crippen molar-refractivity contribution < 1.29 is 9.59 Å². The highest BCUT2D eigenvalue weighted by Crippen LogP contribution is 2.12. The number of carbonyl (C=O) groups excluding carboxylic acids is 2. The van der Waals surface area contributed by atoms with Crippen LogP contribution in [0.1, 0.15) is 46.5 Å². The normalized spacial score (nSPS) is 12.6. The molecule has 0 aromatic rings. The summed E-state index contributed by atoms with van der Waals surface area (Å²) in [6, 6.07) is 0. The van der Waals surface area contributed by atoms with Crippen molar-refractivity contribution in [2.24, 2.45) is 5.92 Å². The van der Waals surface area contributed by atoms with Gasteiger partial charge in [0.25, 0.3) is 0 Å². The van der Waals surface area contributed by atoms with Crippen molar-refractivity contribution in [2.45, 2.75) is 46.5 Å². The predicted molar refractivity (Wildman–Crippen MR) is 49.0 cm³/mol. The molecule has 0 fully saturated rings. The van der Waals surface area contributed by atoms with Gasteiger partial charge in [-0.25, -0.2) is 0 Å². The average molecular weight is 170 g/mol. The first-order chi connectivity index (χ1) is 5.65. The Morgan fingerprint density at radius 2 is 1.67 bits per heavy atom. The molecule has 2 nitrogen and oxygen atoms in total. The van der Waals surface area contributed by atoms with Crippen LogP contribution in [0.25, 0.3) is 0 Å². The molecule has 0 rings (SSSR count). The summed E-state index contributed by atoms with van der Waals surface area (Å²) in [6.07, 6.45) is 2.33. The molecule has 70 valence electrons. The number of Topliss-reactive ketones (excluding diaryl/α,β-unsaturated/α-hetero) is 2. The van der Waals surface area contributed by atoms with Gasteiger partial charge in [-0.15, -0.1) is 0 Å². The summed E-state index contributed by atoms with van der Waals surface area (Å²) in [5.41, 5.74) is 0. The predicted octanol–water partition coefficient (Wildman–Crippen LogP) is 2.36. The Kier molecular flexibility index (Phi) is 5.60. The van der Waals surface area contributed by atoms with Crippen molar-refractivity contribution in [3.8, 4) is 0 Å². The van der Waals surface area contributed by atoms with Crippen LogP contribution in [0.5, 0.6) is 0 Å². The van der Waals surface area contributed by atoms with Gasteiger partial charge in [-0.3, -0.25) is 9.59 Å². The Hall–Kier alpha value is -0.660. The summed E-state index contributed by atoms with van der Waals surface area (Å²) < 4.78 is 0. The fourth-order valence-corrected chi connectivity index (χ4v) is 1.19. The lowest BCUT2D eigenvalue weighted by atomic mass is 9.93. The molecule has 0 aliphatic rings. The van der Waals surface area contributed by atoms with E-state index in [4.69, 9.17) is 0 Å². The Labute approximate surface area is 74.3 Å². The molecular formula is C10H18O2. The van der Waals surface area contributed by atoms with Gasteiger partial charge in [0.15, 0.2) is 0 Å². The third kappa shape index (κ3) is 3.65. The molecule has 0 radical (unpaired) electrons. The van der Waals surface area contributed by atoms with Gasteiger partial charge < -0.3 is 0 Å². The Bertz CT molecular complexity index is 161.